The third-order valence-corrected chi connectivity index (χ3v) is 4.49. The Morgan fingerprint density at radius 3 is 2.56 bits per heavy atom. The zero-order valence-corrected chi connectivity index (χ0v) is 12.8. The molecular formula is C13H22BrNS. The maximum atomic E-state index is 3.58. The molecule has 0 aliphatic heterocycles. The second-order valence-corrected chi connectivity index (χ2v) is 7.20. The van der Waals surface area contributed by atoms with Crippen LogP contribution in [0, 0.1) is 5.92 Å². The highest BCUT2D eigenvalue weighted by atomic mass is 79.9. The minimum Gasteiger partial charge on any atom is -0.309 e. The summed E-state index contributed by atoms with van der Waals surface area (Å²) in [5.74, 6) is 0.839. The van der Waals surface area contributed by atoms with Gasteiger partial charge in [0.25, 0.3) is 0 Å². The van der Waals surface area contributed by atoms with Crippen LogP contribution in [-0.4, -0.2) is 6.54 Å². The Morgan fingerprint density at radius 1 is 1.25 bits per heavy atom. The standard InChI is InChI=1S/C13H22BrNS/c1-10(2)6-4-5-9-15-11(3)12-7-8-13(14)16-12/h7-8,10-11,15H,4-6,9H2,1-3H3. The molecular weight excluding hydrogens is 282 g/mol. The minimum atomic E-state index is 0.482. The quantitative estimate of drug-likeness (QED) is 0.700. The average Bonchev–Trinajstić information content (AvgIpc) is 2.63. The molecule has 16 heavy (non-hydrogen) atoms. The molecule has 1 heterocycles. The van der Waals surface area contributed by atoms with Crippen LogP contribution >= 0.6 is 27.3 Å². The van der Waals surface area contributed by atoms with Gasteiger partial charge in [-0.3, -0.25) is 0 Å². The number of thiophene rings is 1. The molecule has 92 valence electrons. The molecule has 1 atom stereocenters. The lowest BCUT2D eigenvalue weighted by atomic mass is 10.1. The van der Waals surface area contributed by atoms with Crippen molar-refractivity contribution in [1.29, 1.82) is 0 Å². The van der Waals surface area contributed by atoms with Gasteiger partial charge in [0.05, 0.1) is 3.79 Å². The van der Waals surface area contributed by atoms with Gasteiger partial charge in [0.15, 0.2) is 0 Å². The van der Waals surface area contributed by atoms with E-state index < -0.39 is 0 Å². The van der Waals surface area contributed by atoms with Crippen LogP contribution in [0.25, 0.3) is 0 Å². The molecule has 0 spiro atoms. The van der Waals surface area contributed by atoms with Crippen LogP contribution in [0.4, 0.5) is 0 Å². The molecule has 0 aliphatic rings. The van der Waals surface area contributed by atoms with Crippen LogP contribution in [0.2, 0.25) is 0 Å². The van der Waals surface area contributed by atoms with Crippen molar-refractivity contribution in [3.8, 4) is 0 Å². The first-order valence-corrected chi connectivity index (χ1v) is 7.69. The monoisotopic (exact) mass is 303 g/mol. The van der Waals surface area contributed by atoms with Gasteiger partial charge in [0.1, 0.15) is 0 Å². The second kappa shape index (κ2) is 7.46. The van der Waals surface area contributed by atoms with Crippen molar-refractivity contribution in [3.63, 3.8) is 0 Å². The summed E-state index contributed by atoms with van der Waals surface area (Å²) in [4.78, 5) is 1.41. The molecule has 1 nitrogen and oxygen atoms in total. The Balaban J connectivity index is 2.13. The summed E-state index contributed by atoms with van der Waals surface area (Å²) >= 11 is 5.32. The first-order valence-electron chi connectivity index (χ1n) is 6.08. The van der Waals surface area contributed by atoms with Crippen molar-refractivity contribution in [3.05, 3.63) is 20.8 Å². The highest BCUT2D eigenvalue weighted by molar-refractivity contribution is 9.11. The average molecular weight is 304 g/mol. The summed E-state index contributed by atoms with van der Waals surface area (Å²) in [5.41, 5.74) is 0. The largest absolute Gasteiger partial charge is 0.309 e. The normalized spacial score (nSPS) is 13.3. The summed E-state index contributed by atoms with van der Waals surface area (Å²) in [6, 6.07) is 4.80. The van der Waals surface area contributed by atoms with Crippen LogP contribution in [0.3, 0.4) is 0 Å². The topological polar surface area (TPSA) is 12.0 Å². The molecule has 0 radical (unpaired) electrons. The molecule has 1 aromatic rings. The SMILES string of the molecule is CC(C)CCCCNC(C)c1ccc(Br)s1. The molecule has 0 aromatic carbocycles. The van der Waals surface area contributed by atoms with E-state index in [1.165, 1.54) is 27.9 Å². The number of rotatable bonds is 7. The fraction of sp³-hybridized carbons (Fsp3) is 0.692. The lowest BCUT2D eigenvalue weighted by Crippen LogP contribution is -2.19. The summed E-state index contributed by atoms with van der Waals surface area (Å²) in [5, 5.41) is 3.58. The molecule has 0 saturated carbocycles. The van der Waals surface area contributed by atoms with Crippen molar-refractivity contribution in [2.24, 2.45) is 5.92 Å². The summed E-state index contributed by atoms with van der Waals surface area (Å²) < 4.78 is 1.22. The van der Waals surface area contributed by atoms with Gasteiger partial charge in [-0.1, -0.05) is 26.7 Å². The number of unbranched alkanes of at least 4 members (excludes halogenated alkanes) is 1. The van der Waals surface area contributed by atoms with Gasteiger partial charge in [-0.05, 0) is 53.9 Å². The van der Waals surface area contributed by atoms with Crippen molar-refractivity contribution >= 4 is 27.3 Å². The summed E-state index contributed by atoms with van der Waals surface area (Å²) in [6.45, 7) is 7.95. The molecule has 1 N–H and O–H groups in total. The minimum absolute atomic E-state index is 0.482. The molecule has 0 saturated heterocycles. The third-order valence-electron chi connectivity index (χ3n) is 2.68. The van der Waals surface area contributed by atoms with Crippen LogP contribution in [0.15, 0.2) is 15.9 Å². The number of nitrogens with one attached hydrogen (secondary N) is 1. The Labute approximate surface area is 112 Å². The van der Waals surface area contributed by atoms with E-state index in [0.29, 0.717) is 6.04 Å². The Bertz CT molecular complexity index is 296. The number of halogens is 1. The van der Waals surface area contributed by atoms with Crippen molar-refractivity contribution < 1.29 is 0 Å². The number of hydrogen-bond donors (Lipinski definition) is 1. The molecule has 1 unspecified atom stereocenters. The van der Waals surface area contributed by atoms with Gasteiger partial charge in [0, 0.05) is 10.9 Å². The van der Waals surface area contributed by atoms with Crippen molar-refractivity contribution in [1.82, 2.24) is 5.32 Å². The lowest BCUT2D eigenvalue weighted by molar-refractivity contribution is 0.500. The lowest BCUT2D eigenvalue weighted by Gasteiger charge is -2.12. The Morgan fingerprint density at radius 2 is 2.00 bits per heavy atom. The molecule has 1 aromatic heterocycles. The van der Waals surface area contributed by atoms with E-state index in [0.717, 1.165) is 12.5 Å². The van der Waals surface area contributed by atoms with E-state index in [2.05, 4.69) is 54.2 Å². The molecule has 0 amide bonds. The molecule has 0 aliphatic carbocycles. The van der Waals surface area contributed by atoms with Crippen molar-refractivity contribution in [2.45, 2.75) is 46.1 Å². The first-order chi connectivity index (χ1) is 7.59. The smallest absolute Gasteiger partial charge is 0.0701 e. The van der Waals surface area contributed by atoms with E-state index in [1.54, 1.807) is 0 Å². The fourth-order valence-electron chi connectivity index (χ4n) is 1.66. The van der Waals surface area contributed by atoms with Gasteiger partial charge >= 0.3 is 0 Å². The zero-order valence-electron chi connectivity index (χ0n) is 10.4. The number of hydrogen-bond acceptors (Lipinski definition) is 2. The van der Waals surface area contributed by atoms with E-state index in [4.69, 9.17) is 0 Å². The Kier molecular flexibility index (Phi) is 6.62. The van der Waals surface area contributed by atoms with Crippen LogP contribution < -0.4 is 5.32 Å². The van der Waals surface area contributed by atoms with Gasteiger partial charge in [0.2, 0.25) is 0 Å². The molecule has 1 rings (SSSR count). The van der Waals surface area contributed by atoms with E-state index in [-0.39, 0.29) is 0 Å². The predicted octanol–water partition coefficient (Wildman–Crippen LogP) is 4.99. The third kappa shape index (κ3) is 5.46. The maximum absolute atomic E-state index is 3.58. The second-order valence-electron chi connectivity index (χ2n) is 4.71. The molecule has 0 fully saturated rings. The van der Waals surface area contributed by atoms with Gasteiger partial charge in [-0.15, -0.1) is 11.3 Å². The molecule has 0 bridgehead atoms. The fourth-order valence-corrected chi connectivity index (χ4v) is 3.11. The highest BCUT2D eigenvalue weighted by Gasteiger charge is 2.06. The summed E-state index contributed by atoms with van der Waals surface area (Å²) in [7, 11) is 0. The predicted molar refractivity (Wildman–Crippen MR) is 77.1 cm³/mol. The van der Waals surface area contributed by atoms with E-state index in [9.17, 15) is 0 Å². The van der Waals surface area contributed by atoms with Gasteiger partial charge in [-0.2, -0.15) is 0 Å². The maximum Gasteiger partial charge on any atom is 0.0701 e. The van der Waals surface area contributed by atoms with Crippen LogP contribution in [0.1, 0.15) is 51.0 Å². The summed E-state index contributed by atoms with van der Waals surface area (Å²) in [6.07, 6.45) is 3.97. The van der Waals surface area contributed by atoms with E-state index in [1.807, 2.05) is 11.3 Å². The first kappa shape index (κ1) is 14.2. The highest BCUT2D eigenvalue weighted by Crippen LogP contribution is 2.26. The van der Waals surface area contributed by atoms with Crippen molar-refractivity contribution in [2.75, 3.05) is 6.54 Å². The van der Waals surface area contributed by atoms with Crippen LogP contribution in [0.5, 0.6) is 0 Å². The van der Waals surface area contributed by atoms with Gasteiger partial charge < -0.3 is 5.32 Å². The van der Waals surface area contributed by atoms with E-state index >= 15 is 0 Å². The zero-order chi connectivity index (χ0) is 12.0. The van der Waals surface area contributed by atoms with Gasteiger partial charge in [-0.25, -0.2) is 0 Å². The Hall–Kier alpha value is 0.140. The van der Waals surface area contributed by atoms with Crippen LogP contribution in [-0.2, 0) is 0 Å². The molecule has 3 heteroatoms.